The fourth-order valence-electron chi connectivity index (χ4n) is 2.27. The highest BCUT2D eigenvalue weighted by Crippen LogP contribution is 2.16. The molecule has 2 heteroatoms. The second-order valence-electron chi connectivity index (χ2n) is 6.63. The quantitative estimate of drug-likeness (QED) is 0.530. The summed E-state index contributed by atoms with van der Waals surface area (Å²) in [5, 5.41) is 0. The molecule has 0 aliphatic heterocycles. The zero-order valence-electron chi connectivity index (χ0n) is 13.3. The number of unbranched alkanes of at least 4 members (excludes halogenated alkanes) is 1. The fraction of sp³-hybridized carbons (Fsp3) is 0.611. The van der Waals surface area contributed by atoms with E-state index in [1.54, 1.807) is 0 Å². The smallest absolute Gasteiger partial charge is 0.306 e. The molecule has 0 saturated carbocycles. The van der Waals surface area contributed by atoms with Gasteiger partial charge < -0.3 is 4.74 Å². The Morgan fingerprint density at radius 1 is 1.15 bits per heavy atom. The van der Waals surface area contributed by atoms with Crippen molar-refractivity contribution in [3.05, 3.63) is 35.9 Å². The topological polar surface area (TPSA) is 26.3 Å². The minimum atomic E-state index is -0.363. The van der Waals surface area contributed by atoms with Crippen molar-refractivity contribution < 1.29 is 9.53 Å². The summed E-state index contributed by atoms with van der Waals surface area (Å²) < 4.78 is 5.30. The van der Waals surface area contributed by atoms with Crippen LogP contribution in [0.4, 0.5) is 0 Å². The summed E-state index contributed by atoms with van der Waals surface area (Å²) in [6, 6.07) is 10.6. The van der Waals surface area contributed by atoms with Crippen LogP contribution in [0.15, 0.2) is 30.3 Å². The van der Waals surface area contributed by atoms with Crippen LogP contribution in [0.3, 0.4) is 0 Å². The average Bonchev–Trinajstić information content (AvgIpc) is 2.34. The minimum Gasteiger partial charge on any atom is -0.460 e. The molecule has 0 aliphatic carbocycles. The lowest BCUT2D eigenvalue weighted by molar-refractivity contribution is -0.154. The van der Waals surface area contributed by atoms with E-state index in [0.29, 0.717) is 12.3 Å². The minimum absolute atomic E-state index is 0.0757. The zero-order valence-corrected chi connectivity index (χ0v) is 13.3. The number of carbonyl (C=O) groups is 1. The molecule has 0 radical (unpaired) electrons. The number of rotatable bonds is 7. The first-order valence-corrected chi connectivity index (χ1v) is 7.62. The van der Waals surface area contributed by atoms with Gasteiger partial charge in [-0.25, -0.2) is 0 Å². The first-order valence-electron chi connectivity index (χ1n) is 7.62. The maximum absolute atomic E-state index is 11.6. The molecule has 0 heterocycles. The van der Waals surface area contributed by atoms with Crippen LogP contribution in [0.5, 0.6) is 0 Å². The molecular weight excluding hydrogens is 248 g/mol. The maximum Gasteiger partial charge on any atom is 0.306 e. The van der Waals surface area contributed by atoms with E-state index in [0.717, 1.165) is 25.7 Å². The molecule has 20 heavy (non-hydrogen) atoms. The van der Waals surface area contributed by atoms with Gasteiger partial charge in [0.15, 0.2) is 0 Å². The SMILES string of the molecule is C[C@H](CCCCC(=O)OC(C)(C)C)Cc1ccccc1. The monoisotopic (exact) mass is 276 g/mol. The summed E-state index contributed by atoms with van der Waals surface area (Å²) in [7, 11) is 0. The molecule has 0 fully saturated rings. The van der Waals surface area contributed by atoms with Gasteiger partial charge in [0.1, 0.15) is 5.60 Å². The van der Waals surface area contributed by atoms with E-state index in [-0.39, 0.29) is 11.6 Å². The van der Waals surface area contributed by atoms with Crippen LogP contribution in [0.25, 0.3) is 0 Å². The molecule has 112 valence electrons. The second kappa shape index (κ2) is 8.08. The molecule has 0 bridgehead atoms. The van der Waals surface area contributed by atoms with Crippen molar-refractivity contribution in [1.82, 2.24) is 0 Å². The van der Waals surface area contributed by atoms with Crippen molar-refractivity contribution in [2.45, 2.75) is 65.4 Å². The van der Waals surface area contributed by atoms with Crippen molar-refractivity contribution >= 4 is 5.97 Å². The third kappa shape index (κ3) is 7.98. The Balaban J connectivity index is 2.13. The Labute approximate surface area is 123 Å². The van der Waals surface area contributed by atoms with E-state index in [4.69, 9.17) is 4.74 Å². The Morgan fingerprint density at radius 2 is 1.80 bits per heavy atom. The molecule has 0 aliphatic rings. The summed E-state index contributed by atoms with van der Waals surface area (Å²) >= 11 is 0. The molecule has 1 rings (SSSR count). The summed E-state index contributed by atoms with van der Waals surface area (Å²) in [5.41, 5.74) is 1.03. The van der Waals surface area contributed by atoms with E-state index in [1.807, 2.05) is 20.8 Å². The largest absolute Gasteiger partial charge is 0.460 e. The number of hydrogen-bond donors (Lipinski definition) is 0. The second-order valence-corrected chi connectivity index (χ2v) is 6.63. The van der Waals surface area contributed by atoms with Gasteiger partial charge in [-0.1, -0.05) is 50.1 Å². The third-order valence-corrected chi connectivity index (χ3v) is 3.17. The van der Waals surface area contributed by atoms with E-state index in [9.17, 15) is 4.79 Å². The van der Waals surface area contributed by atoms with E-state index < -0.39 is 0 Å². The molecule has 0 saturated heterocycles. The molecule has 1 aromatic carbocycles. The summed E-state index contributed by atoms with van der Waals surface area (Å²) in [5.74, 6) is 0.587. The first-order chi connectivity index (χ1) is 9.37. The number of ether oxygens (including phenoxy) is 1. The van der Waals surface area contributed by atoms with Gasteiger partial charge >= 0.3 is 5.97 Å². The van der Waals surface area contributed by atoms with Crippen LogP contribution in [-0.2, 0) is 16.0 Å². The van der Waals surface area contributed by atoms with Crippen LogP contribution in [0.2, 0.25) is 0 Å². The molecule has 0 aromatic heterocycles. The van der Waals surface area contributed by atoms with Crippen molar-refractivity contribution in [1.29, 1.82) is 0 Å². The van der Waals surface area contributed by atoms with Crippen LogP contribution in [0.1, 0.15) is 58.9 Å². The van der Waals surface area contributed by atoms with Gasteiger partial charge in [-0.05, 0) is 45.1 Å². The average molecular weight is 276 g/mol. The van der Waals surface area contributed by atoms with Crippen LogP contribution in [0, 0.1) is 5.92 Å². The van der Waals surface area contributed by atoms with E-state index in [1.165, 1.54) is 5.56 Å². The van der Waals surface area contributed by atoms with Gasteiger partial charge in [0.05, 0.1) is 0 Å². The third-order valence-electron chi connectivity index (χ3n) is 3.17. The predicted molar refractivity (Wildman–Crippen MR) is 83.6 cm³/mol. The van der Waals surface area contributed by atoms with E-state index >= 15 is 0 Å². The fourth-order valence-corrected chi connectivity index (χ4v) is 2.27. The number of carbonyl (C=O) groups excluding carboxylic acids is 1. The van der Waals surface area contributed by atoms with Crippen molar-refractivity contribution in [3.63, 3.8) is 0 Å². The van der Waals surface area contributed by atoms with Crippen LogP contribution in [-0.4, -0.2) is 11.6 Å². The van der Waals surface area contributed by atoms with Gasteiger partial charge in [0.2, 0.25) is 0 Å². The Bertz CT molecular complexity index is 390. The molecular formula is C18H28O2. The molecule has 0 spiro atoms. The summed E-state index contributed by atoms with van der Waals surface area (Å²) in [6.45, 7) is 8.01. The Hall–Kier alpha value is -1.31. The van der Waals surface area contributed by atoms with Gasteiger partial charge in [-0.15, -0.1) is 0 Å². The van der Waals surface area contributed by atoms with Gasteiger partial charge in [-0.2, -0.15) is 0 Å². The van der Waals surface area contributed by atoms with E-state index in [2.05, 4.69) is 37.3 Å². The highest BCUT2D eigenvalue weighted by Gasteiger charge is 2.15. The predicted octanol–water partition coefficient (Wildman–Crippen LogP) is 4.77. The number of hydrogen-bond acceptors (Lipinski definition) is 2. The zero-order chi connectivity index (χ0) is 15.0. The van der Waals surface area contributed by atoms with Gasteiger partial charge in [-0.3, -0.25) is 4.79 Å². The van der Waals surface area contributed by atoms with Gasteiger partial charge in [0, 0.05) is 6.42 Å². The van der Waals surface area contributed by atoms with Crippen molar-refractivity contribution in [2.24, 2.45) is 5.92 Å². The lowest BCUT2D eigenvalue weighted by Gasteiger charge is -2.19. The molecule has 0 N–H and O–H groups in total. The molecule has 0 amide bonds. The number of esters is 1. The summed E-state index contributed by atoms with van der Waals surface area (Å²) in [4.78, 5) is 11.6. The van der Waals surface area contributed by atoms with Crippen LogP contribution < -0.4 is 0 Å². The first kappa shape index (κ1) is 16.7. The molecule has 0 unspecified atom stereocenters. The molecule has 1 atom stereocenters. The van der Waals surface area contributed by atoms with Crippen LogP contribution >= 0.6 is 0 Å². The number of benzene rings is 1. The molecule has 2 nitrogen and oxygen atoms in total. The lowest BCUT2D eigenvalue weighted by atomic mass is 9.95. The standard InChI is InChI=1S/C18H28O2/c1-15(14-16-11-6-5-7-12-16)10-8-9-13-17(19)20-18(2,3)4/h5-7,11-12,15H,8-10,13-14H2,1-4H3/t15-/m1/s1. The highest BCUT2D eigenvalue weighted by molar-refractivity contribution is 5.69. The highest BCUT2D eigenvalue weighted by atomic mass is 16.6. The van der Waals surface area contributed by atoms with Gasteiger partial charge in [0.25, 0.3) is 0 Å². The van der Waals surface area contributed by atoms with Crippen molar-refractivity contribution in [3.8, 4) is 0 Å². The Kier molecular flexibility index (Phi) is 6.77. The lowest BCUT2D eigenvalue weighted by Crippen LogP contribution is -2.23. The van der Waals surface area contributed by atoms with Crippen molar-refractivity contribution in [2.75, 3.05) is 0 Å². The molecule has 1 aromatic rings. The Morgan fingerprint density at radius 3 is 2.40 bits per heavy atom. The summed E-state index contributed by atoms with van der Waals surface area (Å²) in [6.07, 6.45) is 4.83. The maximum atomic E-state index is 11.6. The normalized spacial score (nSPS) is 13.0.